The van der Waals surface area contributed by atoms with Crippen molar-refractivity contribution in [1.82, 2.24) is 15.0 Å². The number of H-pyrrole nitrogens is 1. The highest BCUT2D eigenvalue weighted by molar-refractivity contribution is 7.13. The minimum Gasteiger partial charge on any atom is -0.337 e. The fourth-order valence-electron chi connectivity index (χ4n) is 2.76. The molecule has 4 aromatic rings. The lowest BCUT2D eigenvalue weighted by atomic mass is 10.1. The Labute approximate surface area is 171 Å². The number of alkyl halides is 3. The first-order valence-electron chi connectivity index (χ1n) is 8.55. The summed E-state index contributed by atoms with van der Waals surface area (Å²) in [4.78, 5) is 24.0. The highest BCUT2D eigenvalue weighted by Gasteiger charge is 2.30. The fraction of sp³-hybridized carbons (Fsp3) is 0.0500. The zero-order valence-electron chi connectivity index (χ0n) is 15.0. The first-order chi connectivity index (χ1) is 14.3. The van der Waals surface area contributed by atoms with Gasteiger partial charge in [-0.2, -0.15) is 13.2 Å². The maximum absolute atomic E-state index is 13.3. The number of hydrogen-bond donors (Lipinski definition) is 2. The third-order valence-electron chi connectivity index (χ3n) is 4.19. The smallest absolute Gasteiger partial charge is 0.337 e. The summed E-state index contributed by atoms with van der Waals surface area (Å²) >= 11 is 1.22. The number of anilines is 1. The van der Waals surface area contributed by atoms with Gasteiger partial charge in [-0.15, -0.1) is 11.3 Å². The van der Waals surface area contributed by atoms with E-state index in [2.05, 4.69) is 20.3 Å². The molecule has 0 aliphatic rings. The lowest BCUT2D eigenvalue weighted by molar-refractivity contribution is -0.137. The molecule has 0 atom stereocenters. The Hall–Kier alpha value is -3.53. The number of nitrogens with zero attached hydrogens (tertiary/aromatic N) is 2. The molecule has 10 heteroatoms. The van der Waals surface area contributed by atoms with Crippen molar-refractivity contribution in [2.45, 2.75) is 6.18 Å². The van der Waals surface area contributed by atoms with E-state index in [0.29, 0.717) is 22.0 Å². The van der Waals surface area contributed by atoms with E-state index in [-0.39, 0.29) is 11.5 Å². The summed E-state index contributed by atoms with van der Waals surface area (Å²) in [5, 5.41) is 4.67. The van der Waals surface area contributed by atoms with Crippen molar-refractivity contribution in [3.05, 3.63) is 77.2 Å². The third kappa shape index (κ3) is 4.08. The predicted molar refractivity (Wildman–Crippen MR) is 104 cm³/mol. The Morgan fingerprint density at radius 1 is 1.00 bits per heavy atom. The highest BCUT2D eigenvalue weighted by Crippen LogP contribution is 2.32. The van der Waals surface area contributed by atoms with Crippen LogP contribution in [0.1, 0.15) is 16.1 Å². The second kappa shape index (κ2) is 7.71. The van der Waals surface area contributed by atoms with E-state index in [1.54, 1.807) is 5.38 Å². The van der Waals surface area contributed by atoms with Crippen LogP contribution in [-0.2, 0) is 6.18 Å². The summed E-state index contributed by atoms with van der Waals surface area (Å²) in [7, 11) is 0. The molecule has 0 aliphatic carbocycles. The van der Waals surface area contributed by atoms with E-state index < -0.39 is 23.5 Å². The minimum absolute atomic E-state index is 0.00621. The average molecular weight is 432 g/mol. The average Bonchev–Trinajstić information content (AvgIpc) is 3.38. The summed E-state index contributed by atoms with van der Waals surface area (Å²) in [6, 6.07) is 9.80. The van der Waals surface area contributed by atoms with Crippen LogP contribution in [0.2, 0.25) is 0 Å². The van der Waals surface area contributed by atoms with Gasteiger partial charge in [0, 0.05) is 22.7 Å². The van der Waals surface area contributed by atoms with Gasteiger partial charge in [0.2, 0.25) is 0 Å². The van der Waals surface area contributed by atoms with Crippen molar-refractivity contribution in [3.8, 4) is 22.6 Å². The number of carbonyl (C=O) groups is 1. The first-order valence-corrected chi connectivity index (χ1v) is 9.43. The van der Waals surface area contributed by atoms with Gasteiger partial charge in [-0.25, -0.2) is 14.4 Å². The molecule has 2 N–H and O–H groups in total. The summed E-state index contributed by atoms with van der Waals surface area (Å²) in [6.07, 6.45) is -2.93. The van der Waals surface area contributed by atoms with Crippen LogP contribution < -0.4 is 5.32 Å². The number of nitrogens with one attached hydrogen (secondary N) is 2. The monoisotopic (exact) mass is 432 g/mol. The lowest BCUT2D eigenvalue weighted by Crippen LogP contribution is -2.13. The molecule has 2 heterocycles. The predicted octanol–water partition coefficient (Wildman–Crippen LogP) is 5.61. The molecule has 2 aromatic carbocycles. The lowest BCUT2D eigenvalue weighted by Gasteiger charge is -2.06. The van der Waals surface area contributed by atoms with Crippen LogP contribution in [0.5, 0.6) is 0 Å². The zero-order chi connectivity index (χ0) is 21.3. The molecule has 0 saturated carbocycles. The Morgan fingerprint density at radius 3 is 2.27 bits per heavy atom. The molecule has 0 aliphatic heterocycles. The Balaban J connectivity index is 1.75. The van der Waals surface area contributed by atoms with Crippen molar-refractivity contribution in [1.29, 1.82) is 0 Å². The van der Waals surface area contributed by atoms with Gasteiger partial charge in [0.25, 0.3) is 5.91 Å². The van der Waals surface area contributed by atoms with Crippen LogP contribution in [0.4, 0.5) is 22.7 Å². The quantitative estimate of drug-likeness (QED) is 0.412. The van der Waals surface area contributed by atoms with E-state index in [1.807, 2.05) is 0 Å². The van der Waals surface area contributed by atoms with Gasteiger partial charge in [0.1, 0.15) is 11.6 Å². The molecule has 30 heavy (non-hydrogen) atoms. The summed E-state index contributed by atoms with van der Waals surface area (Å²) < 4.78 is 51.8. The molecule has 152 valence electrons. The van der Waals surface area contributed by atoms with Gasteiger partial charge in [-0.3, -0.25) is 10.1 Å². The standard InChI is InChI=1S/C20H12F4N4OS/c21-14-7-3-11(4-8-14)15-16(18(29)28-19-25-9-10-30-19)27-17(26-15)12-1-5-13(6-2-12)20(22,23)24/h1-10H,(H,26,27)(H,25,28,29). The maximum Gasteiger partial charge on any atom is 0.416 e. The number of carbonyl (C=O) groups excluding carboxylic acids is 1. The molecule has 0 unspecified atom stereocenters. The van der Waals surface area contributed by atoms with E-state index in [1.165, 1.54) is 53.9 Å². The van der Waals surface area contributed by atoms with E-state index in [9.17, 15) is 22.4 Å². The Kier molecular flexibility index (Phi) is 5.08. The number of aromatic amines is 1. The Bertz CT molecular complexity index is 1170. The SMILES string of the molecule is O=C(Nc1nccs1)c1nc(-c2ccc(C(F)(F)F)cc2)[nH]c1-c1ccc(F)cc1. The van der Waals surface area contributed by atoms with Crippen LogP contribution in [0.25, 0.3) is 22.6 Å². The van der Waals surface area contributed by atoms with Gasteiger partial charge in [0.05, 0.1) is 11.3 Å². The summed E-state index contributed by atoms with van der Waals surface area (Å²) in [5.41, 5.74) is 0.370. The molecule has 5 nitrogen and oxygen atoms in total. The molecule has 0 radical (unpaired) electrons. The van der Waals surface area contributed by atoms with Crippen molar-refractivity contribution < 1.29 is 22.4 Å². The van der Waals surface area contributed by atoms with Crippen molar-refractivity contribution in [2.75, 3.05) is 5.32 Å². The van der Waals surface area contributed by atoms with Crippen molar-refractivity contribution in [3.63, 3.8) is 0 Å². The van der Waals surface area contributed by atoms with Crippen LogP contribution >= 0.6 is 11.3 Å². The maximum atomic E-state index is 13.3. The summed E-state index contributed by atoms with van der Waals surface area (Å²) in [6.45, 7) is 0. The van der Waals surface area contributed by atoms with Gasteiger partial charge in [0.15, 0.2) is 10.8 Å². The third-order valence-corrected chi connectivity index (χ3v) is 4.88. The van der Waals surface area contributed by atoms with Crippen LogP contribution in [0.3, 0.4) is 0 Å². The molecular formula is C20H12F4N4OS. The molecule has 4 rings (SSSR count). The number of thiazole rings is 1. The number of aromatic nitrogens is 3. The van der Waals surface area contributed by atoms with Gasteiger partial charge >= 0.3 is 6.18 Å². The van der Waals surface area contributed by atoms with Crippen molar-refractivity contribution in [2.24, 2.45) is 0 Å². The second-order valence-electron chi connectivity index (χ2n) is 6.18. The number of amides is 1. The largest absolute Gasteiger partial charge is 0.416 e. The van der Waals surface area contributed by atoms with E-state index >= 15 is 0 Å². The number of imidazole rings is 1. The van der Waals surface area contributed by atoms with Crippen molar-refractivity contribution >= 4 is 22.4 Å². The van der Waals surface area contributed by atoms with E-state index in [4.69, 9.17) is 0 Å². The van der Waals surface area contributed by atoms with Crippen LogP contribution in [-0.4, -0.2) is 20.9 Å². The molecule has 0 spiro atoms. The van der Waals surface area contributed by atoms with Crippen LogP contribution in [0.15, 0.2) is 60.1 Å². The molecular weight excluding hydrogens is 420 g/mol. The first kappa shape index (κ1) is 19.8. The molecule has 0 saturated heterocycles. The number of halogens is 4. The zero-order valence-corrected chi connectivity index (χ0v) is 15.8. The highest BCUT2D eigenvalue weighted by atomic mass is 32.1. The van der Waals surface area contributed by atoms with E-state index in [0.717, 1.165) is 12.1 Å². The number of hydrogen-bond acceptors (Lipinski definition) is 4. The van der Waals surface area contributed by atoms with Gasteiger partial charge in [-0.1, -0.05) is 12.1 Å². The molecule has 0 fully saturated rings. The molecule has 1 amide bonds. The second-order valence-corrected chi connectivity index (χ2v) is 7.08. The Morgan fingerprint density at radius 2 is 1.67 bits per heavy atom. The molecule has 0 bridgehead atoms. The minimum atomic E-state index is -4.46. The topological polar surface area (TPSA) is 70.7 Å². The number of benzene rings is 2. The normalized spacial score (nSPS) is 11.5. The van der Waals surface area contributed by atoms with Crippen LogP contribution in [0, 0.1) is 5.82 Å². The van der Waals surface area contributed by atoms with Gasteiger partial charge < -0.3 is 4.98 Å². The summed E-state index contributed by atoms with van der Waals surface area (Å²) in [5.74, 6) is -0.805. The number of rotatable bonds is 4. The molecule has 2 aromatic heterocycles. The fourth-order valence-corrected chi connectivity index (χ4v) is 3.28. The van der Waals surface area contributed by atoms with Gasteiger partial charge in [-0.05, 0) is 36.4 Å².